The van der Waals surface area contributed by atoms with Crippen LogP contribution in [-0.4, -0.2) is 24.7 Å². The van der Waals surface area contributed by atoms with Crippen LogP contribution in [0.4, 0.5) is 11.4 Å². The van der Waals surface area contributed by atoms with Crippen molar-refractivity contribution in [2.24, 2.45) is 0 Å². The number of anilines is 2. The summed E-state index contributed by atoms with van der Waals surface area (Å²) >= 11 is 11.4. The molecule has 2 N–H and O–H groups in total. The molecule has 0 aliphatic heterocycles. The summed E-state index contributed by atoms with van der Waals surface area (Å²) in [5, 5.41) is 7.62. The van der Waals surface area contributed by atoms with E-state index < -0.39 is 0 Å². The minimum Gasteiger partial charge on any atom is -0.372 e. The van der Waals surface area contributed by atoms with E-state index in [4.69, 9.17) is 23.8 Å². The van der Waals surface area contributed by atoms with E-state index in [9.17, 15) is 0 Å². The van der Waals surface area contributed by atoms with Gasteiger partial charge in [0.1, 0.15) is 0 Å². The van der Waals surface area contributed by atoms with Crippen LogP contribution in [0, 0.1) is 6.92 Å². The smallest absolute Gasteiger partial charge is 0.170 e. The second kappa shape index (κ2) is 9.50. The number of benzene rings is 2. The van der Waals surface area contributed by atoms with Crippen LogP contribution in [0.5, 0.6) is 0 Å². The maximum atomic E-state index is 6.11. The predicted octanol–water partition coefficient (Wildman–Crippen LogP) is 4.85. The number of hydrogen-bond acceptors (Lipinski definition) is 2. The van der Waals surface area contributed by atoms with E-state index in [2.05, 4.69) is 53.6 Å². The molecule has 0 unspecified atom stereocenters. The zero-order valence-corrected chi connectivity index (χ0v) is 15.8. The number of para-hydroxylation sites is 1. The van der Waals surface area contributed by atoms with Crippen molar-refractivity contribution in [3.8, 4) is 0 Å². The Balaban J connectivity index is 1.74. The van der Waals surface area contributed by atoms with Crippen LogP contribution < -0.4 is 15.5 Å². The molecular formula is C19H24ClN3S. The Bertz CT molecular complexity index is 658. The van der Waals surface area contributed by atoms with Crippen molar-refractivity contribution in [3.63, 3.8) is 0 Å². The Morgan fingerprint density at radius 3 is 2.50 bits per heavy atom. The number of rotatable bonds is 7. The quantitative estimate of drug-likeness (QED) is 0.544. The summed E-state index contributed by atoms with van der Waals surface area (Å²) < 4.78 is 0. The molecule has 128 valence electrons. The number of halogens is 1. The van der Waals surface area contributed by atoms with Gasteiger partial charge >= 0.3 is 0 Å². The average molecular weight is 362 g/mol. The highest BCUT2D eigenvalue weighted by atomic mass is 35.5. The van der Waals surface area contributed by atoms with Crippen LogP contribution >= 0.6 is 23.8 Å². The van der Waals surface area contributed by atoms with E-state index in [1.807, 2.05) is 24.3 Å². The molecule has 0 heterocycles. The molecule has 0 aliphatic rings. The first-order valence-electron chi connectivity index (χ1n) is 8.21. The Labute approximate surface area is 155 Å². The van der Waals surface area contributed by atoms with Crippen molar-refractivity contribution in [2.75, 3.05) is 29.9 Å². The lowest BCUT2D eigenvalue weighted by atomic mass is 10.2. The first-order valence-corrected chi connectivity index (χ1v) is 8.99. The van der Waals surface area contributed by atoms with Gasteiger partial charge in [0.15, 0.2) is 5.11 Å². The van der Waals surface area contributed by atoms with E-state index in [0.717, 1.165) is 31.7 Å². The number of thiocarbonyl (C=S) groups is 1. The molecule has 2 rings (SSSR count). The third-order valence-corrected chi connectivity index (χ3v) is 4.37. The number of hydrogen-bond donors (Lipinski definition) is 2. The summed E-state index contributed by atoms with van der Waals surface area (Å²) in [6, 6.07) is 16.2. The highest BCUT2D eigenvalue weighted by Gasteiger charge is 2.04. The lowest BCUT2D eigenvalue weighted by molar-refractivity contribution is 0.726. The van der Waals surface area contributed by atoms with Crippen LogP contribution in [0.15, 0.2) is 48.5 Å². The van der Waals surface area contributed by atoms with Crippen LogP contribution in [0.2, 0.25) is 5.02 Å². The molecule has 0 amide bonds. The van der Waals surface area contributed by atoms with Gasteiger partial charge in [-0.3, -0.25) is 0 Å². The fraction of sp³-hybridized carbons (Fsp3) is 0.316. The number of nitrogens with zero attached hydrogens (tertiary/aromatic N) is 1. The highest BCUT2D eigenvalue weighted by Crippen LogP contribution is 2.20. The minimum absolute atomic E-state index is 0.599. The van der Waals surface area contributed by atoms with Crippen molar-refractivity contribution >= 4 is 40.3 Å². The first-order chi connectivity index (χ1) is 11.6. The van der Waals surface area contributed by atoms with E-state index in [-0.39, 0.29) is 0 Å². The molecule has 0 saturated heterocycles. The molecule has 3 nitrogen and oxygen atoms in total. The van der Waals surface area contributed by atoms with E-state index in [1.165, 1.54) is 11.3 Å². The van der Waals surface area contributed by atoms with Crippen molar-refractivity contribution in [3.05, 3.63) is 59.1 Å². The van der Waals surface area contributed by atoms with Gasteiger partial charge in [-0.25, -0.2) is 0 Å². The third kappa shape index (κ3) is 5.69. The zero-order valence-electron chi connectivity index (χ0n) is 14.2. The molecule has 5 heteroatoms. The molecule has 0 aromatic heterocycles. The third-order valence-electron chi connectivity index (χ3n) is 3.79. The summed E-state index contributed by atoms with van der Waals surface area (Å²) in [5.74, 6) is 0. The molecule has 0 saturated carbocycles. The number of aryl methyl sites for hydroxylation is 1. The van der Waals surface area contributed by atoms with Gasteiger partial charge in [0, 0.05) is 25.3 Å². The normalized spacial score (nSPS) is 10.3. The average Bonchev–Trinajstić information content (AvgIpc) is 2.58. The maximum Gasteiger partial charge on any atom is 0.170 e. The van der Waals surface area contributed by atoms with Crippen molar-refractivity contribution in [2.45, 2.75) is 20.3 Å². The fourth-order valence-corrected chi connectivity index (χ4v) is 2.82. The molecule has 2 aromatic rings. The predicted molar refractivity (Wildman–Crippen MR) is 109 cm³/mol. The van der Waals surface area contributed by atoms with Crippen molar-refractivity contribution in [1.82, 2.24) is 5.32 Å². The largest absolute Gasteiger partial charge is 0.372 e. The molecule has 0 aliphatic carbocycles. The van der Waals surface area contributed by atoms with E-state index in [1.54, 1.807) is 0 Å². The molecule has 0 radical (unpaired) electrons. The molecule has 0 spiro atoms. The highest BCUT2D eigenvalue weighted by molar-refractivity contribution is 7.80. The fourth-order valence-electron chi connectivity index (χ4n) is 2.43. The molecule has 0 bridgehead atoms. The lowest BCUT2D eigenvalue weighted by Crippen LogP contribution is -2.32. The lowest BCUT2D eigenvalue weighted by Gasteiger charge is -2.23. The Morgan fingerprint density at radius 2 is 1.83 bits per heavy atom. The van der Waals surface area contributed by atoms with Gasteiger partial charge in [0.05, 0.1) is 10.7 Å². The number of nitrogens with one attached hydrogen (secondary N) is 2. The molecule has 2 aromatic carbocycles. The van der Waals surface area contributed by atoms with Crippen molar-refractivity contribution < 1.29 is 0 Å². The summed E-state index contributed by atoms with van der Waals surface area (Å²) in [7, 11) is 0. The van der Waals surface area contributed by atoms with Gasteiger partial charge < -0.3 is 15.5 Å². The Hall–Kier alpha value is -1.78. The second-order valence-corrected chi connectivity index (χ2v) is 6.44. The van der Waals surface area contributed by atoms with Gasteiger partial charge in [0.25, 0.3) is 0 Å². The Kier molecular flexibility index (Phi) is 7.35. The molecular weight excluding hydrogens is 338 g/mol. The van der Waals surface area contributed by atoms with Crippen LogP contribution in [0.1, 0.15) is 18.9 Å². The van der Waals surface area contributed by atoms with E-state index in [0.29, 0.717) is 10.1 Å². The van der Waals surface area contributed by atoms with Gasteiger partial charge in [-0.2, -0.15) is 0 Å². The monoisotopic (exact) mass is 361 g/mol. The minimum atomic E-state index is 0.599. The summed E-state index contributed by atoms with van der Waals surface area (Å²) in [6.45, 7) is 7.08. The van der Waals surface area contributed by atoms with Gasteiger partial charge in [-0.05, 0) is 56.8 Å². The van der Waals surface area contributed by atoms with Crippen molar-refractivity contribution in [1.29, 1.82) is 0 Å². The molecule has 24 heavy (non-hydrogen) atoms. The Morgan fingerprint density at radius 1 is 1.12 bits per heavy atom. The molecule has 0 atom stereocenters. The maximum absolute atomic E-state index is 6.11. The zero-order chi connectivity index (χ0) is 17.4. The SMILES string of the molecule is CCN(CCCNC(=S)Nc1ccccc1Cl)c1ccc(C)cc1. The summed E-state index contributed by atoms with van der Waals surface area (Å²) in [4.78, 5) is 2.37. The summed E-state index contributed by atoms with van der Waals surface area (Å²) in [6.07, 6.45) is 1.01. The standard InChI is InChI=1S/C19H24ClN3S/c1-3-23(16-11-9-15(2)10-12-16)14-6-13-21-19(24)22-18-8-5-4-7-17(18)20/h4-5,7-12H,3,6,13-14H2,1-2H3,(H2,21,22,24). The second-order valence-electron chi connectivity index (χ2n) is 5.63. The van der Waals surface area contributed by atoms with Gasteiger partial charge in [0.2, 0.25) is 0 Å². The molecule has 0 fully saturated rings. The topological polar surface area (TPSA) is 27.3 Å². The van der Waals surface area contributed by atoms with Crippen LogP contribution in [-0.2, 0) is 0 Å². The van der Waals surface area contributed by atoms with E-state index >= 15 is 0 Å². The van der Waals surface area contributed by atoms with Crippen LogP contribution in [0.3, 0.4) is 0 Å². The van der Waals surface area contributed by atoms with Gasteiger partial charge in [-0.15, -0.1) is 0 Å². The summed E-state index contributed by atoms with van der Waals surface area (Å²) in [5.41, 5.74) is 3.37. The first kappa shape index (κ1) is 18.6. The van der Waals surface area contributed by atoms with Crippen LogP contribution in [0.25, 0.3) is 0 Å². The van der Waals surface area contributed by atoms with Gasteiger partial charge in [-0.1, -0.05) is 41.4 Å².